The molecule has 302 valence electrons. The molecule has 0 bridgehead atoms. The van der Waals surface area contributed by atoms with Gasteiger partial charge in [0, 0.05) is 37.5 Å². The van der Waals surface area contributed by atoms with Gasteiger partial charge in [-0.25, -0.2) is 0 Å². The molecule has 0 aliphatic rings. The van der Waals surface area contributed by atoms with Gasteiger partial charge in [-0.15, -0.1) is 0 Å². The van der Waals surface area contributed by atoms with Crippen molar-refractivity contribution in [3.05, 3.63) is 0 Å². The molecule has 0 spiro atoms. The number of hydrogen-bond acceptors (Lipinski definition) is 6. The lowest BCUT2D eigenvalue weighted by atomic mass is 9.85. The quantitative estimate of drug-likeness (QED) is 0.0610. The van der Waals surface area contributed by atoms with E-state index >= 15 is 0 Å². The minimum atomic E-state index is -0.833. The van der Waals surface area contributed by atoms with Gasteiger partial charge in [0.25, 0.3) is 0 Å². The van der Waals surface area contributed by atoms with Crippen molar-refractivity contribution in [2.75, 3.05) is 0 Å². The maximum Gasteiger partial charge on any atom is 0.224 e. The second kappa shape index (κ2) is 27.9. The van der Waals surface area contributed by atoms with Gasteiger partial charge in [-0.05, 0) is 37.0 Å². The molecule has 0 fully saturated rings. The second-order valence-electron chi connectivity index (χ2n) is 16.9. The number of rotatable bonds is 31. The number of unbranched alkanes of at least 4 members (excludes halogenated alkanes) is 12. The van der Waals surface area contributed by atoms with Crippen molar-refractivity contribution in [2.45, 2.75) is 203 Å². The zero-order valence-electron chi connectivity index (χ0n) is 35.2. The Kier molecular flexibility index (Phi) is 26.6. The van der Waals surface area contributed by atoms with Crippen molar-refractivity contribution in [3.63, 3.8) is 0 Å². The molecule has 0 rings (SSSR count). The van der Waals surface area contributed by atoms with Gasteiger partial charge >= 0.3 is 0 Å². The highest BCUT2D eigenvalue weighted by Crippen LogP contribution is 2.21. The van der Waals surface area contributed by atoms with Gasteiger partial charge in [-0.2, -0.15) is 0 Å². The molecule has 0 radical (unpaired) electrons. The first kappa shape index (κ1) is 49.4. The molecular weight excluding hydrogens is 654 g/mol. The topological polar surface area (TPSA) is 139 Å². The number of nitrogens with one attached hydrogen (secondary N) is 3. The van der Waals surface area contributed by atoms with Crippen LogP contribution in [0.3, 0.4) is 0 Å². The fourth-order valence-corrected chi connectivity index (χ4v) is 6.56. The molecule has 0 aliphatic heterocycles. The predicted octanol–water partition coefficient (Wildman–Crippen LogP) is 8.70. The fourth-order valence-electron chi connectivity index (χ4n) is 6.56. The highest BCUT2D eigenvalue weighted by Gasteiger charge is 2.34. The lowest BCUT2D eigenvalue weighted by molar-refractivity contribution is -0.136. The Morgan fingerprint density at radius 2 is 0.885 bits per heavy atom. The molecule has 9 nitrogen and oxygen atoms in total. The molecule has 0 heterocycles. The smallest absolute Gasteiger partial charge is 0.224 e. The predicted molar refractivity (Wildman–Crippen MR) is 213 cm³/mol. The van der Waals surface area contributed by atoms with Crippen molar-refractivity contribution in [1.82, 2.24) is 16.0 Å². The normalized spacial score (nSPS) is 14.6. The molecule has 0 saturated carbocycles. The Balaban J connectivity index is 4.99. The molecule has 3 N–H and O–H groups in total. The number of carbonyl (C=O) groups excluding carboxylic acids is 6. The first-order chi connectivity index (χ1) is 24.4. The summed E-state index contributed by atoms with van der Waals surface area (Å²) in [5.74, 6) is -3.19. The highest BCUT2D eigenvalue weighted by molar-refractivity contribution is 5.96. The summed E-state index contributed by atoms with van der Waals surface area (Å²) in [6.45, 7) is 20.6. The number of ketones is 3. The van der Waals surface area contributed by atoms with Crippen molar-refractivity contribution in [1.29, 1.82) is 0 Å². The largest absolute Gasteiger partial charge is 0.346 e. The van der Waals surface area contributed by atoms with Crippen molar-refractivity contribution >= 4 is 35.1 Å². The maximum absolute atomic E-state index is 13.6. The molecule has 0 aromatic rings. The van der Waals surface area contributed by atoms with Crippen LogP contribution in [0.5, 0.6) is 0 Å². The molecule has 0 unspecified atom stereocenters. The molecule has 0 saturated heterocycles. The van der Waals surface area contributed by atoms with Gasteiger partial charge in [0.1, 0.15) is 0 Å². The minimum absolute atomic E-state index is 0.0501. The van der Waals surface area contributed by atoms with E-state index in [1.54, 1.807) is 13.8 Å². The first-order valence-corrected chi connectivity index (χ1v) is 20.9. The van der Waals surface area contributed by atoms with Crippen molar-refractivity contribution in [3.8, 4) is 0 Å². The number of amides is 3. The molecule has 0 aromatic heterocycles. The van der Waals surface area contributed by atoms with Gasteiger partial charge in [0.2, 0.25) is 17.7 Å². The zero-order chi connectivity index (χ0) is 39.8. The van der Waals surface area contributed by atoms with Crippen LogP contribution < -0.4 is 16.0 Å². The second-order valence-corrected chi connectivity index (χ2v) is 16.9. The third kappa shape index (κ3) is 21.8. The lowest BCUT2D eigenvalue weighted by Crippen LogP contribution is -2.50. The molecule has 52 heavy (non-hydrogen) atoms. The van der Waals surface area contributed by atoms with Crippen LogP contribution in [0, 0.1) is 35.5 Å². The van der Waals surface area contributed by atoms with E-state index in [0.29, 0.717) is 12.8 Å². The minimum Gasteiger partial charge on any atom is -0.346 e. The van der Waals surface area contributed by atoms with E-state index in [2.05, 4.69) is 22.9 Å². The summed E-state index contributed by atoms with van der Waals surface area (Å²) in [4.78, 5) is 78.6. The molecule has 5 atom stereocenters. The van der Waals surface area contributed by atoms with Crippen molar-refractivity contribution < 1.29 is 28.8 Å². The van der Waals surface area contributed by atoms with Gasteiger partial charge < -0.3 is 16.0 Å². The molecule has 0 aromatic carbocycles. The molecule has 3 amide bonds. The van der Waals surface area contributed by atoms with Crippen LogP contribution in [0.25, 0.3) is 0 Å². The van der Waals surface area contributed by atoms with E-state index in [1.807, 2.05) is 55.4 Å². The van der Waals surface area contributed by atoms with Crippen LogP contribution in [-0.4, -0.2) is 53.2 Å². The summed E-state index contributed by atoms with van der Waals surface area (Å²) in [6, 6.07) is -2.17. The van der Waals surface area contributed by atoms with Crippen molar-refractivity contribution in [2.24, 2.45) is 35.5 Å². The zero-order valence-corrected chi connectivity index (χ0v) is 35.2. The summed E-state index contributed by atoms with van der Waals surface area (Å²) in [7, 11) is 0. The van der Waals surface area contributed by atoms with E-state index in [4.69, 9.17) is 0 Å². The average Bonchev–Trinajstić information content (AvgIpc) is 3.05. The van der Waals surface area contributed by atoms with Gasteiger partial charge in [-0.1, -0.05) is 146 Å². The Labute approximate surface area is 318 Å². The SMILES string of the molecule is CCCCCCCCCCCCCCCC(=O)N[C@H](C(=O)C[C@H](C(=O)N[C@H](C(=O)C[C@@H](C)C(=O)N[C@@H](C)C(=O)CC(C)C)C(C)C)C(C)C)C(C)C. The summed E-state index contributed by atoms with van der Waals surface area (Å²) in [5, 5.41) is 8.56. The third-order valence-corrected chi connectivity index (χ3v) is 10.1. The van der Waals surface area contributed by atoms with E-state index in [-0.39, 0.29) is 71.6 Å². The van der Waals surface area contributed by atoms with E-state index in [1.165, 1.54) is 64.2 Å². The average molecular weight is 734 g/mol. The Morgan fingerprint density at radius 1 is 0.442 bits per heavy atom. The fraction of sp³-hybridized carbons (Fsp3) is 0.860. The summed E-state index contributed by atoms with van der Waals surface area (Å²) < 4.78 is 0. The lowest BCUT2D eigenvalue weighted by Gasteiger charge is -2.28. The number of Topliss-reactive ketones (excluding diaryl/α,β-unsaturated/α-hetero) is 3. The van der Waals surface area contributed by atoms with Gasteiger partial charge in [0.05, 0.1) is 18.1 Å². The molecule has 9 heteroatoms. The van der Waals surface area contributed by atoms with E-state index in [0.717, 1.165) is 19.3 Å². The van der Waals surface area contributed by atoms with E-state index < -0.39 is 30.0 Å². The summed E-state index contributed by atoms with van der Waals surface area (Å²) in [5.41, 5.74) is 0. The maximum atomic E-state index is 13.6. The number of hydrogen-bond donors (Lipinski definition) is 3. The Bertz CT molecular complexity index is 1070. The van der Waals surface area contributed by atoms with E-state index in [9.17, 15) is 28.8 Å². The van der Waals surface area contributed by atoms with Crippen LogP contribution in [-0.2, 0) is 28.8 Å². The summed E-state index contributed by atoms with van der Waals surface area (Å²) in [6.07, 6.45) is 16.6. The monoisotopic (exact) mass is 734 g/mol. The molecular formula is C43H79N3O6. The van der Waals surface area contributed by atoms with Crippen LogP contribution in [0.4, 0.5) is 0 Å². The Hall–Kier alpha value is -2.58. The number of carbonyl (C=O) groups is 6. The standard InChI is InChI=1S/C43H79N3O6/c1-12-13-14-15-16-17-18-19-20-21-22-23-24-25-39(50)45-40(31(6)7)38(49)28-35(30(4)5)43(52)46-41(32(8)9)37(48)27-33(10)42(51)44-34(11)36(47)26-29(2)3/h29-35,40-41H,12-28H2,1-11H3,(H,44,51)(H,45,50)(H,46,52)/t33-,34+,35+,40+,41+/m1/s1. The van der Waals surface area contributed by atoms with Crippen LogP contribution in [0.15, 0.2) is 0 Å². The van der Waals surface area contributed by atoms with Crippen LogP contribution in [0.2, 0.25) is 0 Å². The highest BCUT2D eigenvalue weighted by atomic mass is 16.2. The van der Waals surface area contributed by atoms with Crippen LogP contribution >= 0.6 is 0 Å². The van der Waals surface area contributed by atoms with Gasteiger partial charge in [0.15, 0.2) is 17.3 Å². The first-order valence-electron chi connectivity index (χ1n) is 20.9. The molecule has 0 aliphatic carbocycles. The van der Waals surface area contributed by atoms with Crippen LogP contribution in [0.1, 0.15) is 185 Å². The summed E-state index contributed by atoms with van der Waals surface area (Å²) >= 11 is 0. The Morgan fingerprint density at radius 3 is 1.33 bits per heavy atom. The third-order valence-electron chi connectivity index (χ3n) is 10.1. The van der Waals surface area contributed by atoms with Gasteiger partial charge in [-0.3, -0.25) is 28.8 Å².